The minimum absolute atomic E-state index is 0.0108. The number of hydrogen-bond donors (Lipinski definition) is 8. The zero-order valence-corrected chi connectivity index (χ0v) is 16.7. The Kier molecular flexibility index (Phi) is 5.78. The smallest absolute Gasteiger partial charge is 0.239 e. The quantitative estimate of drug-likeness (QED) is 0.229. The lowest BCUT2D eigenvalue weighted by Gasteiger charge is -2.39. The van der Waals surface area contributed by atoms with Gasteiger partial charge < -0.3 is 54.7 Å². The first-order valence-corrected chi connectivity index (χ1v) is 9.64. The van der Waals surface area contributed by atoms with Gasteiger partial charge in [0.15, 0.2) is 29.7 Å². The highest BCUT2D eigenvalue weighted by atomic mass is 16.7. The van der Waals surface area contributed by atoms with Crippen molar-refractivity contribution in [3.8, 4) is 40.1 Å². The highest BCUT2D eigenvalue weighted by Gasteiger charge is 2.46. The molecule has 12 nitrogen and oxygen atoms in total. The average molecular weight is 464 g/mol. The number of rotatable bonds is 4. The molecule has 0 amide bonds. The first-order valence-electron chi connectivity index (χ1n) is 9.64. The molecule has 0 saturated carbocycles. The summed E-state index contributed by atoms with van der Waals surface area (Å²) in [5, 5.41) is 79.0. The Labute approximate surface area is 184 Å². The number of phenols is 4. The molecule has 1 fully saturated rings. The fourth-order valence-electron chi connectivity index (χ4n) is 3.57. The predicted molar refractivity (Wildman–Crippen MR) is 109 cm³/mol. The number of benzene rings is 2. The van der Waals surface area contributed by atoms with Crippen molar-refractivity contribution < 1.29 is 54.7 Å². The highest BCUT2D eigenvalue weighted by Crippen LogP contribution is 2.39. The van der Waals surface area contributed by atoms with Crippen molar-refractivity contribution in [3.05, 3.63) is 40.6 Å². The Morgan fingerprint density at radius 1 is 0.909 bits per heavy atom. The fourth-order valence-corrected chi connectivity index (χ4v) is 3.57. The summed E-state index contributed by atoms with van der Waals surface area (Å²) in [4.78, 5) is 13.3. The molecule has 1 aromatic heterocycles. The van der Waals surface area contributed by atoms with Crippen molar-refractivity contribution in [2.75, 3.05) is 6.61 Å². The van der Waals surface area contributed by atoms with Crippen molar-refractivity contribution in [3.63, 3.8) is 0 Å². The van der Waals surface area contributed by atoms with Gasteiger partial charge in [0.05, 0.1) is 6.61 Å². The molecule has 0 bridgehead atoms. The van der Waals surface area contributed by atoms with Crippen LogP contribution in [0.4, 0.5) is 0 Å². The third-order valence-electron chi connectivity index (χ3n) is 5.25. The summed E-state index contributed by atoms with van der Waals surface area (Å²) < 4.78 is 16.2. The van der Waals surface area contributed by atoms with E-state index < -0.39 is 76.9 Å². The normalized spacial score (nSPS) is 25.3. The summed E-state index contributed by atoms with van der Waals surface area (Å²) in [6, 6.07) is 5.33. The van der Waals surface area contributed by atoms with Crippen LogP contribution in [0.1, 0.15) is 0 Å². The van der Waals surface area contributed by atoms with Crippen molar-refractivity contribution in [1.29, 1.82) is 0 Å². The minimum atomic E-state index is -1.88. The summed E-state index contributed by atoms with van der Waals surface area (Å²) in [6.07, 6.45) is -8.42. The fraction of sp³-hybridized carbons (Fsp3) is 0.286. The molecular formula is C21H20O12. The van der Waals surface area contributed by atoms with E-state index in [0.29, 0.717) is 0 Å². The SMILES string of the molecule is O=c1c(O[C@H]2[C@H](O)[C@@H](O)[C@H](CO)O[C@@H]2O)c(-c2ccc(O)c(O)c2)oc2cc(O)cc(O)c12. The summed E-state index contributed by atoms with van der Waals surface area (Å²) >= 11 is 0. The van der Waals surface area contributed by atoms with Gasteiger partial charge in [-0.1, -0.05) is 0 Å². The Morgan fingerprint density at radius 2 is 1.64 bits per heavy atom. The van der Waals surface area contributed by atoms with Gasteiger partial charge >= 0.3 is 0 Å². The largest absolute Gasteiger partial charge is 0.508 e. The van der Waals surface area contributed by atoms with E-state index in [4.69, 9.17) is 13.9 Å². The van der Waals surface area contributed by atoms with E-state index in [2.05, 4.69) is 0 Å². The number of phenolic OH excluding ortho intramolecular Hbond substituents is 4. The van der Waals surface area contributed by atoms with E-state index in [1.165, 1.54) is 6.07 Å². The third-order valence-corrected chi connectivity index (χ3v) is 5.25. The van der Waals surface area contributed by atoms with Crippen LogP contribution in [0.5, 0.6) is 28.7 Å². The zero-order chi connectivity index (χ0) is 24.0. The first kappa shape index (κ1) is 22.6. The first-order chi connectivity index (χ1) is 15.6. The molecule has 1 aliphatic rings. The molecule has 176 valence electrons. The molecule has 33 heavy (non-hydrogen) atoms. The lowest BCUT2D eigenvalue weighted by molar-refractivity contribution is -0.280. The van der Waals surface area contributed by atoms with Gasteiger partial charge in [0.25, 0.3) is 0 Å². The van der Waals surface area contributed by atoms with Crippen LogP contribution in [-0.4, -0.2) is 78.2 Å². The van der Waals surface area contributed by atoms with Gasteiger partial charge in [0.1, 0.15) is 40.8 Å². The maximum absolute atomic E-state index is 13.3. The van der Waals surface area contributed by atoms with Crippen molar-refractivity contribution in [2.45, 2.75) is 30.7 Å². The molecule has 2 heterocycles. The van der Waals surface area contributed by atoms with E-state index >= 15 is 0 Å². The van der Waals surface area contributed by atoms with Crippen LogP contribution in [0.3, 0.4) is 0 Å². The Hall–Kier alpha value is -3.55. The number of aromatic hydroxyl groups is 4. The topological polar surface area (TPSA) is 211 Å². The van der Waals surface area contributed by atoms with Crippen LogP contribution in [0, 0.1) is 0 Å². The number of ether oxygens (including phenoxy) is 2. The standard InChI is InChI=1S/C21H20O12/c22-6-13-15(27)17(29)20(21(30)32-13)33-19-16(28)14-11(26)4-8(23)5-12(14)31-18(19)7-1-2-9(24)10(25)3-7/h1-5,13,15,17,20-27,29-30H,6H2/t13-,15-,17+,20-,21-/m0/s1. The summed E-state index contributed by atoms with van der Waals surface area (Å²) in [5.74, 6) is -3.10. The van der Waals surface area contributed by atoms with E-state index in [9.17, 15) is 45.6 Å². The van der Waals surface area contributed by atoms with Gasteiger partial charge in [-0.15, -0.1) is 0 Å². The molecule has 2 aromatic carbocycles. The zero-order valence-electron chi connectivity index (χ0n) is 16.7. The molecule has 1 aliphatic heterocycles. The average Bonchev–Trinajstić information content (AvgIpc) is 2.76. The molecule has 5 atom stereocenters. The van der Waals surface area contributed by atoms with E-state index in [1.807, 2.05) is 0 Å². The molecule has 1 saturated heterocycles. The van der Waals surface area contributed by atoms with Gasteiger partial charge in [-0.25, -0.2) is 0 Å². The van der Waals surface area contributed by atoms with E-state index in [1.54, 1.807) is 0 Å². The van der Waals surface area contributed by atoms with Crippen LogP contribution < -0.4 is 10.2 Å². The molecular weight excluding hydrogens is 444 g/mol. The van der Waals surface area contributed by atoms with Crippen LogP contribution in [0.15, 0.2) is 39.5 Å². The number of hydrogen-bond acceptors (Lipinski definition) is 12. The van der Waals surface area contributed by atoms with Crippen LogP contribution in [-0.2, 0) is 4.74 Å². The molecule has 4 rings (SSSR count). The number of fused-ring (bicyclic) bond motifs is 1. The predicted octanol–water partition coefficient (Wildman–Crippen LogP) is -0.539. The maximum atomic E-state index is 13.3. The summed E-state index contributed by atoms with van der Waals surface area (Å²) in [7, 11) is 0. The summed E-state index contributed by atoms with van der Waals surface area (Å²) in [5.41, 5.74) is -1.22. The number of aliphatic hydroxyl groups excluding tert-OH is 4. The van der Waals surface area contributed by atoms with Crippen molar-refractivity contribution >= 4 is 11.0 Å². The maximum Gasteiger partial charge on any atom is 0.239 e. The molecule has 0 radical (unpaired) electrons. The van der Waals surface area contributed by atoms with Crippen LogP contribution >= 0.6 is 0 Å². The second-order valence-electron chi connectivity index (χ2n) is 7.44. The van der Waals surface area contributed by atoms with E-state index in [0.717, 1.165) is 24.3 Å². The molecule has 8 N–H and O–H groups in total. The molecule has 0 unspecified atom stereocenters. The summed E-state index contributed by atoms with van der Waals surface area (Å²) in [6.45, 7) is -0.713. The third kappa shape index (κ3) is 3.90. The highest BCUT2D eigenvalue weighted by molar-refractivity contribution is 5.88. The Bertz CT molecular complexity index is 1250. The van der Waals surface area contributed by atoms with Crippen molar-refractivity contribution in [1.82, 2.24) is 0 Å². The van der Waals surface area contributed by atoms with Gasteiger partial charge in [0, 0.05) is 17.7 Å². The van der Waals surface area contributed by atoms with Gasteiger partial charge in [-0.05, 0) is 18.2 Å². The Balaban J connectivity index is 1.91. The molecule has 0 aliphatic carbocycles. The number of aliphatic hydroxyl groups is 4. The monoisotopic (exact) mass is 464 g/mol. The molecule has 3 aromatic rings. The van der Waals surface area contributed by atoms with Crippen LogP contribution in [0.2, 0.25) is 0 Å². The minimum Gasteiger partial charge on any atom is -0.508 e. The molecule has 12 heteroatoms. The van der Waals surface area contributed by atoms with E-state index in [-0.39, 0.29) is 16.9 Å². The second-order valence-corrected chi connectivity index (χ2v) is 7.44. The van der Waals surface area contributed by atoms with Gasteiger partial charge in [0.2, 0.25) is 11.2 Å². The van der Waals surface area contributed by atoms with Gasteiger partial charge in [-0.3, -0.25) is 4.79 Å². The lowest BCUT2D eigenvalue weighted by Crippen LogP contribution is -2.60. The van der Waals surface area contributed by atoms with Crippen LogP contribution in [0.25, 0.3) is 22.3 Å². The lowest BCUT2D eigenvalue weighted by atomic mass is 9.99. The van der Waals surface area contributed by atoms with Gasteiger partial charge in [-0.2, -0.15) is 0 Å². The van der Waals surface area contributed by atoms with Crippen molar-refractivity contribution in [2.24, 2.45) is 0 Å². The second kappa shape index (κ2) is 8.42. The Morgan fingerprint density at radius 3 is 2.30 bits per heavy atom. The molecule has 0 spiro atoms.